The van der Waals surface area contributed by atoms with Crippen LogP contribution in [0, 0.1) is 5.92 Å². The lowest BCUT2D eigenvalue weighted by Gasteiger charge is -2.25. The van der Waals surface area contributed by atoms with Gasteiger partial charge < -0.3 is 0 Å². The molecule has 1 rings (SSSR count). The summed E-state index contributed by atoms with van der Waals surface area (Å²) >= 11 is 3.57. The molecule has 0 aliphatic rings. The molecule has 1 aromatic rings. The summed E-state index contributed by atoms with van der Waals surface area (Å²) in [6, 6.07) is 9.21. The molecule has 1 aromatic carbocycles. The van der Waals surface area contributed by atoms with Crippen LogP contribution in [0.15, 0.2) is 24.3 Å². The molecular formula is C16H25Br. The average Bonchev–Trinajstić information content (AvgIpc) is 2.37. The van der Waals surface area contributed by atoms with Crippen LogP contribution in [0.3, 0.4) is 0 Å². The van der Waals surface area contributed by atoms with E-state index in [-0.39, 0.29) is 0 Å². The lowest BCUT2D eigenvalue weighted by Crippen LogP contribution is -2.15. The molecule has 0 spiro atoms. The summed E-state index contributed by atoms with van der Waals surface area (Å²) in [6.07, 6.45) is 1.18. The molecule has 0 radical (unpaired) electrons. The summed E-state index contributed by atoms with van der Waals surface area (Å²) in [6.45, 7) is 11.5. The highest BCUT2D eigenvalue weighted by atomic mass is 79.9. The number of halogens is 1. The van der Waals surface area contributed by atoms with Crippen molar-refractivity contribution in [1.29, 1.82) is 0 Å². The number of rotatable bonds is 5. The molecule has 0 fully saturated rings. The first-order chi connectivity index (χ1) is 7.92. The van der Waals surface area contributed by atoms with Gasteiger partial charge in [-0.25, -0.2) is 0 Å². The first-order valence-corrected chi connectivity index (χ1v) is 7.71. The highest BCUT2D eigenvalue weighted by Crippen LogP contribution is 2.30. The van der Waals surface area contributed by atoms with E-state index < -0.39 is 0 Å². The van der Waals surface area contributed by atoms with E-state index in [1.54, 1.807) is 0 Å². The SMILES string of the molecule is CCC(C)(C)c1ccc(C(C)C(C)CBr)cc1. The maximum atomic E-state index is 3.57. The van der Waals surface area contributed by atoms with Gasteiger partial charge in [-0.2, -0.15) is 0 Å². The van der Waals surface area contributed by atoms with Crippen LogP contribution >= 0.6 is 15.9 Å². The molecule has 0 aromatic heterocycles. The number of hydrogen-bond donors (Lipinski definition) is 0. The summed E-state index contributed by atoms with van der Waals surface area (Å²) in [5, 5.41) is 1.07. The van der Waals surface area contributed by atoms with Crippen molar-refractivity contribution in [3.05, 3.63) is 35.4 Å². The van der Waals surface area contributed by atoms with Crippen LogP contribution in [0.2, 0.25) is 0 Å². The van der Waals surface area contributed by atoms with Crippen LogP contribution in [-0.2, 0) is 5.41 Å². The Hall–Kier alpha value is -0.300. The minimum Gasteiger partial charge on any atom is -0.0925 e. The minimum atomic E-state index is 0.294. The fourth-order valence-corrected chi connectivity index (χ4v) is 2.46. The Morgan fingerprint density at radius 2 is 1.65 bits per heavy atom. The van der Waals surface area contributed by atoms with Crippen LogP contribution in [0.1, 0.15) is 58.1 Å². The minimum absolute atomic E-state index is 0.294. The topological polar surface area (TPSA) is 0 Å². The summed E-state index contributed by atoms with van der Waals surface area (Å²) in [5.41, 5.74) is 3.19. The van der Waals surface area contributed by atoms with Crippen LogP contribution in [-0.4, -0.2) is 5.33 Å². The van der Waals surface area contributed by atoms with Crippen molar-refractivity contribution in [3.63, 3.8) is 0 Å². The summed E-state index contributed by atoms with van der Waals surface area (Å²) in [5.74, 6) is 1.30. The molecule has 0 saturated heterocycles. The molecule has 0 nitrogen and oxygen atoms in total. The third-order valence-electron chi connectivity index (χ3n) is 4.20. The number of alkyl halides is 1. The third-order valence-corrected chi connectivity index (χ3v) is 5.22. The fraction of sp³-hybridized carbons (Fsp3) is 0.625. The predicted molar refractivity (Wildman–Crippen MR) is 81.1 cm³/mol. The molecule has 17 heavy (non-hydrogen) atoms. The van der Waals surface area contributed by atoms with Crippen molar-refractivity contribution in [1.82, 2.24) is 0 Å². The van der Waals surface area contributed by atoms with Gasteiger partial charge in [0.2, 0.25) is 0 Å². The fourth-order valence-electron chi connectivity index (χ4n) is 1.90. The summed E-state index contributed by atoms with van der Waals surface area (Å²) in [7, 11) is 0. The summed E-state index contributed by atoms with van der Waals surface area (Å²) in [4.78, 5) is 0. The average molecular weight is 297 g/mol. The molecule has 0 bridgehead atoms. The van der Waals surface area contributed by atoms with Crippen molar-refractivity contribution in [3.8, 4) is 0 Å². The molecule has 1 heteroatoms. The van der Waals surface area contributed by atoms with E-state index in [0.717, 1.165) is 5.33 Å². The van der Waals surface area contributed by atoms with E-state index in [9.17, 15) is 0 Å². The van der Waals surface area contributed by atoms with E-state index in [2.05, 4.69) is 74.8 Å². The molecule has 0 amide bonds. The van der Waals surface area contributed by atoms with Crippen molar-refractivity contribution >= 4 is 15.9 Å². The van der Waals surface area contributed by atoms with Gasteiger partial charge in [0, 0.05) is 5.33 Å². The zero-order valence-corrected chi connectivity index (χ0v) is 13.3. The van der Waals surface area contributed by atoms with Gasteiger partial charge in [0.25, 0.3) is 0 Å². The Bertz CT molecular complexity index is 337. The Balaban J connectivity index is 2.88. The van der Waals surface area contributed by atoms with E-state index in [1.807, 2.05) is 0 Å². The highest BCUT2D eigenvalue weighted by Gasteiger charge is 2.19. The maximum Gasteiger partial charge on any atom is 0.00627 e. The van der Waals surface area contributed by atoms with E-state index in [0.29, 0.717) is 17.3 Å². The molecule has 2 unspecified atom stereocenters. The Labute approximate surface area is 115 Å². The van der Waals surface area contributed by atoms with Gasteiger partial charge in [-0.3, -0.25) is 0 Å². The first-order valence-electron chi connectivity index (χ1n) is 6.58. The van der Waals surface area contributed by atoms with Gasteiger partial charge in [0.1, 0.15) is 0 Å². The van der Waals surface area contributed by atoms with Gasteiger partial charge in [-0.05, 0) is 34.8 Å². The van der Waals surface area contributed by atoms with Gasteiger partial charge in [0.15, 0.2) is 0 Å². The van der Waals surface area contributed by atoms with Crippen molar-refractivity contribution < 1.29 is 0 Å². The van der Waals surface area contributed by atoms with Gasteiger partial charge in [-0.1, -0.05) is 74.8 Å². The van der Waals surface area contributed by atoms with Gasteiger partial charge >= 0.3 is 0 Å². The zero-order valence-electron chi connectivity index (χ0n) is 11.8. The van der Waals surface area contributed by atoms with E-state index in [4.69, 9.17) is 0 Å². The first kappa shape index (κ1) is 14.8. The second-order valence-electron chi connectivity index (χ2n) is 5.78. The molecule has 0 saturated carbocycles. The Kier molecular flexibility index (Phi) is 5.24. The molecule has 0 aliphatic heterocycles. The molecule has 0 heterocycles. The maximum absolute atomic E-state index is 3.57. The van der Waals surface area contributed by atoms with E-state index >= 15 is 0 Å². The monoisotopic (exact) mass is 296 g/mol. The normalized spacial score (nSPS) is 15.6. The smallest absolute Gasteiger partial charge is 0.00627 e. The molecule has 0 aliphatic carbocycles. The van der Waals surface area contributed by atoms with Crippen LogP contribution in [0.5, 0.6) is 0 Å². The lowest BCUT2D eigenvalue weighted by atomic mass is 9.81. The van der Waals surface area contributed by atoms with Crippen LogP contribution in [0.4, 0.5) is 0 Å². The standard InChI is InChI=1S/C16H25Br/c1-6-16(4,5)15-9-7-14(8-10-15)13(3)12(2)11-17/h7-10,12-13H,6,11H2,1-5H3. The highest BCUT2D eigenvalue weighted by molar-refractivity contribution is 9.09. The van der Waals surface area contributed by atoms with Gasteiger partial charge in [0.05, 0.1) is 0 Å². The van der Waals surface area contributed by atoms with Crippen molar-refractivity contribution in [2.75, 3.05) is 5.33 Å². The van der Waals surface area contributed by atoms with Gasteiger partial charge in [-0.15, -0.1) is 0 Å². The summed E-state index contributed by atoms with van der Waals surface area (Å²) < 4.78 is 0. The van der Waals surface area contributed by atoms with E-state index in [1.165, 1.54) is 17.5 Å². The second-order valence-corrected chi connectivity index (χ2v) is 6.43. The number of hydrogen-bond acceptors (Lipinski definition) is 0. The predicted octanol–water partition coefficient (Wildman–Crippen LogP) is 5.51. The quantitative estimate of drug-likeness (QED) is 0.629. The Morgan fingerprint density at radius 3 is 2.06 bits per heavy atom. The molecule has 96 valence electrons. The second kappa shape index (κ2) is 6.04. The molecule has 2 atom stereocenters. The van der Waals surface area contributed by atoms with Crippen LogP contribution in [0.25, 0.3) is 0 Å². The zero-order chi connectivity index (χ0) is 13.1. The Morgan fingerprint density at radius 1 is 1.12 bits per heavy atom. The largest absolute Gasteiger partial charge is 0.0925 e. The molecular weight excluding hydrogens is 272 g/mol. The van der Waals surface area contributed by atoms with Crippen molar-refractivity contribution in [2.24, 2.45) is 5.92 Å². The lowest BCUT2D eigenvalue weighted by molar-refractivity contribution is 0.504. The number of benzene rings is 1. The third kappa shape index (κ3) is 3.58. The van der Waals surface area contributed by atoms with Crippen LogP contribution < -0.4 is 0 Å². The van der Waals surface area contributed by atoms with Crippen molar-refractivity contribution in [2.45, 2.75) is 52.4 Å². The molecule has 0 N–H and O–H groups in total.